The summed E-state index contributed by atoms with van der Waals surface area (Å²) in [5.41, 5.74) is -0.491. The standard InChI is InChI=1S/C20H26N2O4/c23-17(16-8-4-13-26-16)18(24)21-12-10-20(14-21)9-5-11-22(19(20)25)15-6-2-1-3-7-15/h4,8,13,15H,1-3,5-7,9-12,14H2. The zero-order chi connectivity index (χ0) is 18.1. The molecule has 1 aromatic rings. The van der Waals surface area contributed by atoms with Crippen LogP contribution in [0.1, 0.15) is 61.9 Å². The highest BCUT2D eigenvalue weighted by Gasteiger charge is 2.51. The van der Waals surface area contributed by atoms with Crippen molar-refractivity contribution in [1.82, 2.24) is 9.80 Å². The highest BCUT2D eigenvalue weighted by molar-refractivity contribution is 6.42. The average molecular weight is 358 g/mol. The fourth-order valence-electron chi connectivity index (χ4n) is 4.92. The molecule has 140 valence electrons. The first-order valence-corrected chi connectivity index (χ1v) is 9.79. The van der Waals surface area contributed by atoms with Crippen molar-refractivity contribution in [2.45, 2.75) is 57.4 Å². The summed E-state index contributed by atoms with van der Waals surface area (Å²) in [6, 6.07) is 3.46. The molecule has 3 fully saturated rings. The number of furan rings is 1. The molecular weight excluding hydrogens is 332 g/mol. The van der Waals surface area contributed by atoms with Crippen LogP contribution in [0.25, 0.3) is 0 Å². The second-order valence-electron chi connectivity index (χ2n) is 7.96. The number of likely N-dealkylation sites (tertiary alicyclic amines) is 2. The molecule has 1 spiro atoms. The van der Waals surface area contributed by atoms with Crippen LogP contribution in [0.4, 0.5) is 0 Å². The Morgan fingerprint density at radius 1 is 1.08 bits per heavy atom. The summed E-state index contributed by atoms with van der Waals surface area (Å²) in [4.78, 5) is 41.8. The van der Waals surface area contributed by atoms with Gasteiger partial charge >= 0.3 is 0 Å². The lowest BCUT2D eigenvalue weighted by Gasteiger charge is -2.44. The van der Waals surface area contributed by atoms with Gasteiger partial charge in [0.1, 0.15) is 0 Å². The van der Waals surface area contributed by atoms with Gasteiger partial charge in [0.2, 0.25) is 5.91 Å². The minimum absolute atomic E-state index is 0.0646. The maximum atomic E-state index is 13.3. The molecule has 2 aliphatic heterocycles. The Balaban J connectivity index is 1.46. The molecule has 3 heterocycles. The van der Waals surface area contributed by atoms with E-state index in [0.717, 1.165) is 32.2 Å². The van der Waals surface area contributed by atoms with Crippen LogP contribution >= 0.6 is 0 Å². The third kappa shape index (κ3) is 2.95. The lowest BCUT2D eigenvalue weighted by molar-refractivity contribution is -0.149. The summed E-state index contributed by atoms with van der Waals surface area (Å²) in [7, 11) is 0. The molecule has 0 N–H and O–H groups in total. The predicted molar refractivity (Wildman–Crippen MR) is 94.5 cm³/mol. The van der Waals surface area contributed by atoms with Gasteiger partial charge in [-0.15, -0.1) is 0 Å². The third-order valence-electron chi connectivity index (χ3n) is 6.36. The first kappa shape index (κ1) is 17.3. The summed E-state index contributed by atoms with van der Waals surface area (Å²) in [5.74, 6) is -0.912. The largest absolute Gasteiger partial charge is 0.461 e. The van der Waals surface area contributed by atoms with Crippen LogP contribution in [0.3, 0.4) is 0 Å². The Kier molecular flexibility index (Phi) is 4.59. The first-order chi connectivity index (χ1) is 12.6. The highest BCUT2D eigenvalue weighted by Crippen LogP contribution is 2.42. The van der Waals surface area contributed by atoms with E-state index in [4.69, 9.17) is 4.42 Å². The van der Waals surface area contributed by atoms with Gasteiger partial charge in [-0.25, -0.2) is 0 Å². The van der Waals surface area contributed by atoms with E-state index in [2.05, 4.69) is 4.90 Å². The van der Waals surface area contributed by atoms with Crippen LogP contribution in [0.5, 0.6) is 0 Å². The first-order valence-electron chi connectivity index (χ1n) is 9.79. The molecule has 26 heavy (non-hydrogen) atoms. The van der Waals surface area contributed by atoms with Gasteiger partial charge < -0.3 is 14.2 Å². The minimum Gasteiger partial charge on any atom is -0.461 e. The molecule has 1 atom stereocenters. The Morgan fingerprint density at radius 2 is 1.88 bits per heavy atom. The number of piperidine rings is 1. The van der Waals surface area contributed by atoms with E-state index in [1.165, 1.54) is 31.6 Å². The number of nitrogens with zero attached hydrogens (tertiary/aromatic N) is 2. The molecule has 4 rings (SSSR count). The van der Waals surface area contributed by atoms with Crippen LogP contribution in [0.2, 0.25) is 0 Å². The molecule has 1 unspecified atom stereocenters. The number of carbonyl (C=O) groups excluding carboxylic acids is 3. The second-order valence-corrected chi connectivity index (χ2v) is 7.96. The summed E-state index contributed by atoms with van der Waals surface area (Å²) in [6.45, 7) is 1.67. The molecule has 6 nitrogen and oxygen atoms in total. The maximum Gasteiger partial charge on any atom is 0.298 e. The molecule has 0 radical (unpaired) electrons. The fraction of sp³-hybridized carbons (Fsp3) is 0.650. The van der Waals surface area contributed by atoms with Crippen molar-refractivity contribution in [3.63, 3.8) is 0 Å². The normalized spacial score (nSPS) is 27.3. The van der Waals surface area contributed by atoms with E-state index < -0.39 is 17.1 Å². The zero-order valence-corrected chi connectivity index (χ0v) is 15.1. The topological polar surface area (TPSA) is 70.8 Å². The smallest absolute Gasteiger partial charge is 0.298 e. The number of amides is 2. The van der Waals surface area contributed by atoms with Crippen molar-refractivity contribution in [2.24, 2.45) is 5.41 Å². The van der Waals surface area contributed by atoms with E-state index in [0.29, 0.717) is 25.6 Å². The second kappa shape index (κ2) is 6.89. The molecule has 2 amide bonds. The van der Waals surface area contributed by atoms with Gasteiger partial charge in [-0.2, -0.15) is 0 Å². The van der Waals surface area contributed by atoms with Gasteiger partial charge in [0.05, 0.1) is 11.7 Å². The number of ketones is 1. The lowest BCUT2D eigenvalue weighted by atomic mass is 9.77. The Morgan fingerprint density at radius 3 is 2.62 bits per heavy atom. The van der Waals surface area contributed by atoms with Crippen molar-refractivity contribution in [3.8, 4) is 0 Å². The van der Waals surface area contributed by atoms with E-state index in [1.807, 2.05) is 0 Å². The summed E-state index contributed by atoms with van der Waals surface area (Å²) < 4.78 is 5.06. The van der Waals surface area contributed by atoms with E-state index in [9.17, 15) is 14.4 Å². The number of hydrogen-bond donors (Lipinski definition) is 0. The Bertz CT molecular complexity index is 693. The zero-order valence-electron chi connectivity index (χ0n) is 15.1. The Hall–Kier alpha value is -2.11. The van der Waals surface area contributed by atoms with E-state index >= 15 is 0 Å². The highest BCUT2D eigenvalue weighted by atomic mass is 16.3. The predicted octanol–water partition coefficient (Wildman–Crippen LogP) is 2.64. The van der Waals surface area contributed by atoms with Crippen molar-refractivity contribution in [2.75, 3.05) is 19.6 Å². The van der Waals surface area contributed by atoms with Crippen LogP contribution in [0.15, 0.2) is 22.8 Å². The van der Waals surface area contributed by atoms with E-state index in [-0.39, 0.29) is 11.7 Å². The van der Waals surface area contributed by atoms with Crippen molar-refractivity contribution in [1.29, 1.82) is 0 Å². The molecule has 1 aliphatic carbocycles. The number of hydrogen-bond acceptors (Lipinski definition) is 4. The van der Waals surface area contributed by atoms with Gasteiger partial charge in [0.25, 0.3) is 11.7 Å². The molecular formula is C20H26N2O4. The molecule has 1 saturated carbocycles. The quantitative estimate of drug-likeness (QED) is 0.615. The van der Waals surface area contributed by atoms with Gasteiger partial charge in [0, 0.05) is 25.7 Å². The molecule has 3 aliphatic rings. The molecule has 1 aromatic heterocycles. The van der Waals surface area contributed by atoms with Gasteiger partial charge in [-0.1, -0.05) is 19.3 Å². The van der Waals surface area contributed by atoms with Crippen molar-refractivity contribution < 1.29 is 18.8 Å². The maximum absolute atomic E-state index is 13.3. The SMILES string of the molecule is O=C(C(=O)N1CCC2(CCCN(C3CCCCC3)C2=O)C1)c1ccco1. The number of carbonyl (C=O) groups is 3. The van der Waals surface area contributed by atoms with Crippen LogP contribution in [-0.4, -0.2) is 53.1 Å². The Labute approximate surface area is 153 Å². The average Bonchev–Trinajstić information content (AvgIpc) is 3.35. The van der Waals surface area contributed by atoms with Gasteiger partial charge in [-0.3, -0.25) is 14.4 Å². The minimum atomic E-state index is -0.626. The third-order valence-corrected chi connectivity index (χ3v) is 6.36. The van der Waals surface area contributed by atoms with Crippen molar-refractivity contribution in [3.05, 3.63) is 24.2 Å². The fourth-order valence-corrected chi connectivity index (χ4v) is 4.92. The van der Waals surface area contributed by atoms with E-state index in [1.54, 1.807) is 11.0 Å². The lowest BCUT2D eigenvalue weighted by Crippen LogP contribution is -2.54. The summed E-state index contributed by atoms with van der Waals surface area (Å²) in [5, 5.41) is 0. The van der Waals surface area contributed by atoms with Gasteiger partial charge in [-0.05, 0) is 44.2 Å². The number of rotatable bonds is 3. The summed E-state index contributed by atoms with van der Waals surface area (Å²) in [6.07, 6.45) is 9.70. The molecule has 0 aromatic carbocycles. The summed E-state index contributed by atoms with van der Waals surface area (Å²) >= 11 is 0. The monoisotopic (exact) mass is 358 g/mol. The van der Waals surface area contributed by atoms with Gasteiger partial charge in [0.15, 0.2) is 5.76 Å². The molecule has 2 saturated heterocycles. The van der Waals surface area contributed by atoms with Crippen LogP contribution in [0, 0.1) is 5.41 Å². The van der Waals surface area contributed by atoms with Crippen LogP contribution < -0.4 is 0 Å². The number of Topliss-reactive ketones (excluding diaryl/α,β-unsaturated/α-hetero) is 1. The molecule has 6 heteroatoms. The molecule has 0 bridgehead atoms. The van der Waals surface area contributed by atoms with Crippen LogP contribution in [-0.2, 0) is 9.59 Å². The van der Waals surface area contributed by atoms with Crippen molar-refractivity contribution >= 4 is 17.6 Å².